The lowest BCUT2D eigenvalue weighted by molar-refractivity contribution is -0.137. The summed E-state index contributed by atoms with van der Waals surface area (Å²) >= 11 is 1.74. The minimum Gasteiger partial charge on any atom is -0.356 e. The number of amides is 3. The van der Waals surface area contributed by atoms with Gasteiger partial charge in [-0.05, 0) is 89.1 Å². The molecular weight excluding hydrogens is 570 g/mol. The van der Waals surface area contributed by atoms with Crippen molar-refractivity contribution >= 4 is 39.3 Å². The highest BCUT2D eigenvalue weighted by Crippen LogP contribution is 2.44. The van der Waals surface area contributed by atoms with Crippen LogP contribution in [0.4, 0.5) is 0 Å². The van der Waals surface area contributed by atoms with Gasteiger partial charge in [0.1, 0.15) is 4.83 Å². The Balaban J connectivity index is 1.21. The summed E-state index contributed by atoms with van der Waals surface area (Å²) in [5.74, 6) is 0.285. The summed E-state index contributed by atoms with van der Waals surface area (Å²) in [6.07, 6.45) is 5.85. The van der Waals surface area contributed by atoms with Crippen LogP contribution in [0.15, 0.2) is 24.3 Å². The summed E-state index contributed by atoms with van der Waals surface area (Å²) in [6.45, 7) is 14.4. The molecule has 236 valence electrons. The molecule has 3 amide bonds. The average molecular weight is 618 g/mol. The number of carbonyl (C=O) groups is 3. The Labute approximate surface area is 265 Å². The third kappa shape index (κ3) is 6.05. The molecule has 0 atom stereocenters. The second-order valence-corrected chi connectivity index (χ2v) is 14.8. The predicted molar refractivity (Wildman–Crippen MR) is 177 cm³/mol. The molecule has 2 bridgehead atoms. The third-order valence-electron chi connectivity index (χ3n) is 10.1. The van der Waals surface area contributed by atoms with Gasteiger partial charge in [0.05, 0.1) is 11.1 Å². The fourth-order valence-corrected chi connectivity index (χ4v) is 8.82. The van der Waals surface area contributed by atoms with Crippen LogP contribution in [-0.2, 0) is 26.2 Å². The molecule has 6 rings (SSSR count). The van der Waals surface area contributed by atoms with Crippen LogP contribution in [0.25, 0.3) is 21.5 Å². The van der Waals surface area contributed by atoms with E-state index in [4.69, 9.17) is 0 Å². The van der Waals surface area contributed by atoms with E-state index in [0.29, 0.717) is 38.1 Å². The van der Waals surface area contributed by atoms with Crippen LogP contribution in [0.3, 0.4) is 0 Å². The SMILES string of the molecule is CC(=O)NCCC(=O)N1CCN(CCc2c(-c3cc(C)cc(C)c3)[nH]c3sc(C(C)(C)C(=O)N4C5CCC4CC5)cc23)CC1. The molecule has 0 aliphatic carbocycles. The van der Waals surface area contributed by atoms with Gasteiger partial charge in [0.2, 0.25) is 17.7 Å². The lowest BCUT2D eigenvalue weighted by Crippen LogP contribution is -2.49. The first-order valence-electron chi connectivity index (χ1n) is 16.3. The van der Waals surface area contributed by atoms with Gasteiger partial charge in [-0.25, -0.2) is 0 Å². The zero-order chi connectivity index (χ0) is 31.2. The van der Waals surface area contributed by atoms with Crippen molar-refractivity contribution in [1.82, 2.24) is 25.0 Å². The van der Waals surface area contributed by atoms with E-state index < -0.39 is 5.41 Å². The minimum absolute atomic E-state index is 0.104. The average Bonchev–Trinajstić information content (AvgIpc) is 3.76. The summed E-state index contributed by atoms with van der Waals surface area (Å²) in [5, 5.41) is 3.95. The van der Waals surface area contributed by atoms with Crippen LogP contribution >= 0.6 is 11.3 Å². The van der Waals surface area contributed by atoms with Gasteiger partial charge in [0, 0.05) is 75.0 Å². The lowest BCUT2D eigenvalue weighted by atomic mass is 9.88. The molecule has 1 aromatic carbocycles. The van der Waals surface area contributed by atoms with Crippen LogP contribution in [0.5, 0.6) is 0 Å². The van der Waals surface area contributed by atoms with Gasteiger partial charge in [0.25, 0.3) is 0 Å². The number of piperazine rings is 1. The van der Waals surface area contributed by atoms with Crippen LogP contribution in [0.1, 0.15) is 74.4 Å². The van der Waals surface area contributed by atoms with E-state index in [1.807, 2.05) is 4.90 Å². The molecular formula is C35H47N5O3S. The first-order chi connectivity index (χ1) is 21.0. The van der Waals surface area contributed by atoms with E-state index in [-0.39, 0.29) is 17.7 Å². The highest BCUT2D eigenvalue weighted by atomic mass is 32.1. The quantitative estimate of drug-likeness (QED) is 0.348. The number of thiophene rings is 1. The maximum Gasteiger partial charge on any atom is 0.233 e. The number of nitrogens with one attached hydrogen (secondary N) is 2. The van der Waals surface area contributed by atoms with Crippen molar-refractivity contribution in [1.29, 1.82) is 0 Å². The number of fused-ring (bicyclic) bond motifs is 3. The number of H-pyrrole nitrogens is 1. The second kappa shape index (κ2) is 12.3. The van der Waals surface area contributed by atoms with Crippen molar-refractivity contribution in [2.75, 3.05) is 39.3 Å². The maximum absolute atomic E-state index is 13.9. The minimum atomic E-state index is -0.560. The Morgan fingerprint density at radius 2 is 1.59 bits per heavy atom. The zero-order valence-corrected chi connectivity index (χ0v) is 27.7. The van der Waals surface area contributed by atoms with Crippen LogP contribution in [0, 0.1) is 13.8 Å². The molecule has 0 spiro atoms. The molecule has 44 heavy (non-hydrogen) atoms. The summed E-state index contributed by atoms with van der Waals surface area (Å²) in [6, 6.07) is 9.87. The molecule has 2 N–H and O–H groups in total. The number of rotatable bonds is 9. The van der Waals surface area contributed by atoms with Crippen LogP contribution < -0.4 is 5.32 Å². The highest BCUT2D eigenvalue weighted by molar-refractivity contribution is 7.19. The van der Waals surface area contributed by atoms with Gasteiger partial charge in [-0.3, -0.25) is 19.3 Å². The lowest BCUT2D eigenvalue weighted by Gasteiger charge is -2.35. The predicted octanol–water partition coefficient (Wildman–Crippen LogP) is 5.16. The molecule has 3 saturated heterocycles. The van der Waals surface area contributed by atoms with E-state index in [0.717, 1.165) is 61.4 Å². The number of aryl methyl sites for hydroxylation is 2. The maximum atomic E-state index is 13.9. The first-order valence-corrected chi connectivity index (χ1v) is 17.1. The second-order valence-electron chi connectivity index (χ2n) is 13.7. The number of nitrogens with zero attached hydrogens (tertiary/aromatic N) is 3. The molecule has 3 aliphatic heterocycles. The van der Waals surface area contributed by atoms with Gasteiger partial charge in [0.15, 0.2) is 0 Å². The van der Waals surface area contributed by atoms with Crippen molar-refractivity contribution in [3.05, 3.63) is 45.8 Å². The van der Waals surface area contributed by atoms with E-state index >= 15 is 0 Å². The number of hydrogen-bond acceptors (Lipinski definition) is 5. The molecule has 3 aromatic rings. The Bertz CT molecular complexity index is 1520. The molecule has 0 unspecified atom stereocenters. The van der Waals surface area contributed by atoms with Crippen molar-refractivity contribution in [2.45, 2.75) is 90.6 Å². The monoisotopic (exact) mass is 617 g/mol. The summed E-state index contributed by atoms with van der Waals surface area (Å²) in [5.41, 5.74) is 5.63. The van der Waals surface area contributed by atoms with Crippen molar-refractivity contribution in [3.63, 3.8) is 0 Å². The number of benzene rings is 1. The number of carbonyl (C=O) groups excluding carboxylic acids is 3. The standard InChI is InChI=1S/C35H47N5O3S/c1-22-18-23(2)20-25(19-22)32-28(11-13-38-14-16-39(17-15-38)31(42)10-12-36-24(3)41)29-21-30(44-33(29)37-32)35(4,5)34(43)40-26-6-7-27(40)9-8-26/h18-21,26-27,37H,6-17H2,1-5H3,(H,36,41). The Hall–Kier alpha value is -3.17. The zero-order valence-electron chi connectivity index (χ0n) is 26.9. The first kappa shape index (κ1) is 30.8. The number of aromatic amines is 1. The van der Waals surface area contributed by atoms with Gasteiger partial charge < -0.3 is 20.1 Å². The molecule has 3 fully saturated rings. The molecule has 3 aliphatic rings. The molecule has 0 saturated carbocycles. The molecule has 0 radical (unpaired) electrons. The van der Waals surface area contributed by atoms with Crippen molar-refractivity contribution < 1.29 is 14.4 Å². The Kier molecular flexibility index (Phi) is 8.63. The fourth-order valence-electron chi connectivity index (χ4n) is 7.63. The van der Waals surface area contributed by atoms with Gasteiger partial charge in [-0.15, -0.1) is 11.3 Å². The van der Waals surface area contributed by atoms with Crippen LogP contribution in [0.2, 0.25) is 0 Å². The molecule has 8 nitrogen and oxygen atoms in total. The smallest absolute Gasteiger partial charge is 0.233 e. The topological polar surface area (TPSA) is 88.7 Å². The largest absolute Gasteiger partial charge is 0.356 e. The van der Waals surface area contributed by atoms with Crippen molar-refractivity contribution in [2.24, 2.45) is 0 Å². The summed E-state index contributed by atoms with van der Waals surface area (Å²) < 4.78 is 0. The molecule has 2 aromatic heterocycles. The van der Waals surface area contributed by atoms with Gasteiger partial charge in [-0.1, -0.05) is 17.2 Å². The van der Waals surface area contributed by atoms with E-state index in [9.17, 15) is 14.4 Å². The number of hydrogen-bond donors (Lipinski definition) is 2. The van der Waals surface area contributed by atoms with Gasteiger partial charge in [-0.2, -0.15) is 0 Å². The van der Waals surface area contributed by atoms with E-state index in [1.165, 1.54) is 40.3 Å². The van der Waals surface area contributed by atoms with Gasteiger partial charge >= 0.3 is 0 Å². The Morgan fingerprint density at radius 1 is 0.955 bits per heavy atom. The summed E-state index contributed by atoms with van der Waals surface area (Å²) in [7, 11) is 0. The molecule has 5 heterocycles. The highest BCUT2D eigenvalue weighted by Gasteiger charge is 2.47. The summed E-state index contributed by atoms with van der Waals surface area (Å²) in [4.78, 5) is 50.4. The third-order valence-corrected chi connectivity index (χ3v) is 11.4. The fraction of sp³-hybridized carbons (Fsp3) is 0.571. The van der Waals surface area contributed by atoms with E-state index in [1.54, 1.807) is 11.3 Å². The Morgan fingerprint density at radius 3 is 2.20 bits per heavy atom. The normalized spacial score (nSPS) is 20.6. The molecule has 9 heteroatoms. The van der Waals surface area contributed by atoms with Crippen molar-refractivity contribution in [3.8, 4) is 11.3 Å². The number of aromatic nitrogens is 1. The van der Waals surface area contributed by atoms with Crippen LogP contribution in [-0.4, -0.2) is 88.8 Å². The van der Waals surface area contributed by atoms with E-state index in [2.05, 4.69) is 72.1 Å².